The van der Waals surface area contributed by atoms with Gasteiger partial charge < -0.3 is 16.5 Å². The topological polar surface area (TPSA) is 102 Å². The lowest BCUT2D eigenvalue weighted by Gasteiger charge is -2.06. The van der Waals surface area contributed by atoms with Crippen LogP contribution in [0.4, 0.5) is 0 Å². The van der Waals surface area contributed by atoms with Crippen molar-refractivity contribution in [3.05, 3.63) is 24.0 Å². The van der Waals surface area contributed by atoms with Gasteiger partial charge in [0.1, 0.15) is 5.92 Å². The minimum atomic E-state index is -0.932. The Labute approximate surface area is 75.1 Å². The highest BCUT2D eigenvalue weighted by Gasteiger charge is 2.22. The lowest BCUT2D eigenvalue weighted by molar-refractivity contribution is -0.131. The van der Waals surface area contributed by atoms with E-state index in [0.717, 1.165) is 5.69 Å². The monoisotopic (exact) mass is 181 g/mol. The Bertz CT molecular complexity index is 291. The van der Waals surface area contributed by atoms with Crippen molar-refractivity contribution < 1.29 is 9.59 Å². The summed E-state index contributed by atoms with van der Waals surface area (Å²) in [6.45, 7) is 0. The molecule has 0 saturated carbocycles. The Hall–Kier alpha value is -1.78. The summed E-state index contributed by atoms with van der Waals surface area (Å²) in [7, 11) is 0. The smallest absolute Gasteiger partial charge is 0.230 e. The maximum absolute atomic E-state index is 10.8. The van der Waals surface area contributed by atoms with Gasteiger partial charge in [0, 0.05) is 18.3 Å². The van der Waals surface area contributed by atoms with E-state index in [1.807, 2.05) is 0 Å². The van der Waals surface area contributed by atoms with Gasteiger partial charge >= 0.3 is 0 Å². The normalized spacial score (nSPS) is 10.2. The minimum Gasteiger partial charge on any atom is -0.369 e. The number of carbonyl (C=O) groups excluding carboxylic acids is 2. The number of nitrogens with two attached hydrogens (primary N) is 2. The zero-order chi connectivity index (χ0) is 9.84. The standard InChI is InChI=1S/C8H11N3O2/c9-7(12)6(8(10)13)4-5-2-1-3-11-5/h1-3,6,11H,4H2,(H2,9,12)(H2,10,13). The molecule has 0 atom stereocenters. The maximum Gasteiger partial charge on any atom is 0.230 e. The molecule has 2 amide bonds. The van der Waals surface area contributed by atoms with E-state index in [2.05, 4.69) is 4.98 Å². The highest BCUT2D eigenvalue weighted by molar-refractivity contribution is 5.98. The third kappa shape index (κ3) is 2.33. The molecule has 1 aromatic rings. The largest absolute Gasteiger partial charge is 0.369 e. The van der Waals surface area contributed by atoms with Crippen molar-refractivity contribution in [1.29, 1.82) is 0 Å². The molecule has 1 rings (SSSR count). The molecule has 0 aliphatic heterocycles. The van der Waals surface area contributed by atoms with Crippen LogP contribution in [-0.4, -0.2) is 16.8 Å². The maximum atomic E-state index is 10.8. The summed E-state index contributed by atoms with van der Waals surface area (Å²) in [6.07, 6.45) is 1.94. The van der Waals surface area contributed by atoms with Crippen molar-refractivity contribution in [3.63, 3.8) is 0 Å². The van der Waals surface area contributed by atoms with Crippen molar-refractivity contribution in [2.24, 2.45) is 17.4 Å². The van der Waals surface area contributed by atoms with Crippen LogP contribution < -0.4 is 11.5 Å². The van der Waals surface area contributed by atoms with Gasteiger partial charge in [0.15, 0.2) is 0 Å². The van der Waals surface area contributed by atoms with Crippen LogP contribution in [0.3, 0.4) is 0 Å². The number of nitrogens with one attached hydrogen (secondary N) is 1. The first-order chi connectivity index (χ1) is 6.11. The van der Waals surface area contributed by atoms with E-state index in [1.165, 1.54) is 0 Å². The molecule has 0 spiro atoms. The summed E-state index contributed by atoms with van der Waals surface area (Å²) in [5.74, 6) is -2.32. The number of aromatic nitrogens is 1. The van der Waals surface area contributed by atoms with E-state index in [4.69, 9.17) is 11.5 Å². The summed E-state index contributed by atoms with van der Waals surface area (Å²) in [5, 5.41) is 0. The fourth-order valence-electron chi connectivity index (χ4n) is 1.06. The molecule has 70 valence electrons. The number of carbonyl (C=O) groups is 2. The number of rotatable bonds is 4. The number of amides is 2. The van der Waals surface area contributed by atoms with Crippen molar-refractivity contribution in [3.8, 4) is 0 Å². The Kier molecular flexibility index (Phi) is 2.69. The molecular formula is C8H11N3O2. The van der Waals surface area contributed by atoms with Gasteiger partial charge in [-0.15, -0.1) is 0 Å². The molecule has 5 heteroatoms. The van der Waals surface area contributed by atoms with Gasteiger partial charge in [-0.25, -0.2) is 0 Å². The van der Waals surface area contributed by atoms with Gasteiger partial charge in [0.2, 0.25) is 11.8 Å². The third-order valence-corrected chi connectivity index (χ3v) is 1.77. The zero-order valence-corrected chi connectivity index (χ0v) is 6.99. The quantitative estimate of drug-likeness (QED) is 0.526. The Morgan fingerprint density at radius 2 is 2.00 bits per heavy atom. The molecule has 0 bridgehead atoms. The first-order valence-electron chi connectivity index (χ1n) is 3.82. The Morgan fingerprint density at radius 1 is 1.38 bits per heavy atom. The fourth-order valence-corrected chi connectivity index (χ4v) is 1.06. The van der Waals surface area contributed by atoms with Crippen molar-refractivity contribution in [1.82, 2.24) is 4.98 Å². The van der Waals surface area contributed by atoms with Gasteiger partial charge in [-0.05, 0) is 12.1 Å². The molecule has 0 aliphatic rings. The van der Waals surface area contributed by atoms with Crippen LogP contribution in [0, 0.1) is 5.92 Å². The predicted molar refractivity (Wildman–Crippen MR) is 46.4 cm³/mol. The summed E-state index contributed by atoms with van der Waals surface area (Å²) < 4.78 is 0. The molecular weight excluding hydrogens is 170 g/mol. The molecule has 0 aliphatic carbocycles. The summed E-state index contributed by atoms with van der Waals surface area (Å²) in [6, 6.07) is 3.53. The molecule has 0 unspecified atom stereocenters. The first kappa shape index (κ1) is 9.31. The first-order valence-corrected chi connectivity index (χ1v) is 3.82. The van der Waals surface area contributed by atoms with E-state index in [0.29, 0.717) is 0 Å². The number of aromatic amines is 1. The van der Waals surface area contributed by atoms with E-state index in [9.17, 15) is 9.59 Å². The lowest BCUT2D eigenvalue weighted by Crippen LogP contribution is -2.36. The molecule has 1 heterocycles. The fraction of sp³-hybridized carbons (Fsp3) is 0.250. The molecule has 5 nitrogen and oxygen atoms in total. The van der Waals surface area contributed by atoms with Crippen LogP contribution in [-0.2, 0) is 16.0 Å². The highest BCUT2D eigenvalue weighted by Crippen LogP contribution is 2.05. The van der Waals surface area contributed by atoms with E-state index < -0.39 is 17.7 Å². The molecule has 0 saturated heterocycles. The third-order valence-electron chi connectivity index (χ3n) is 1.77. The van der Waals surface area contributed by atoms with Gasteiger partial charge in [-0.3, -0.25) is 9.59 Å². The number of hydrogen-bond acceptors (Lipinski definition) is 2. The number of H-pyrrole nitrogens is 1. The predicted octanol–water partition coefficient (Wildman–Crippen LogP) is -0.856. The van der Waals surface area contributed by atoms with Crippen molar-refractivity contribution >= 4 is 11.8 Å². The second-order valence-corrected chi connectivity index (χ2v) is 2.76. The Morgan fingerprint density at radius 3 is 2.38 bits per heavy atom. The van der Waals surface area contributed by atoms with Gasteiger partial charge in [0.25, 0.3) is 0 Å². The van der Waals surface area contributed by atoms with Crippen LogP contribution in [0.5, 0.6) is 0 Å². The van der Waals surface area contributed by atoms with Crippen molar-refractivity contribution in [2.75, 3.05) is 0 Å². The average Bonchev–Trinajstić information content (AvgIpc) is 2.50. The van der Waals surface area contributed by atoms with Crippen LogP contribution in [0.15, 0.2) is 18.3 Å². The van der Waals surface area contributed by atoms with Crippen LogP contribution >= 0.6 is 0 Å². The molecule has 0 aromatic carbocycles. The van der Waals surface area contributed by atoms with Gasteiger partial charge in [-0.2, -0.15) is 0 Å². The molecule has 5 N–H and O–H groups in total. The Balaban J connectivity index is 2.69. The lowest BCUT2D eigenvalue weighted by atomic mass is 10.0. The van der Waals surface area contributed by atoms with Gasteiger partial charge in [-0.1, -0.05) is 0 Å². The van der Waals surface area contributed by atoms with E-state index in [-0.39, 0.29) is 6.42 Å². The van der Waals surface area contributed by atoms with Gasteiger partial charge in [0.05, 0.1) is 0 Å². The SMILES string of the molecule is NC(=O)C(Cc1ccc[nH]1)C(N)=O. The summed E-state index contributed by atoms with van der Waals surface area (Å²) >= 11 is 0. The average molecular weight is 181 g/mol. The van der Waals surface area contributed by atoms with Crippen LogP contribution in [0.25, 0.3) is 0 Å². The second-order valence-electron chi connectivity index (χ2n) is 2.76. The van der Waals surface area contributed by atoms with E-state index >= 15 is 0 Å². The van der Waals surface area contributed by atoms with Crippen molar-refractivity contribution in [2.45, 2.75) is 6.42 Å². The second kappa shape index (κ2) is 3.75. The minimum absolute atomic E-state index is 0.234. The van der Waals surface area contributed by atoms with Crippen LogP contribution in [0.1, 0.15) is 5.69 Å². The summed E-state index contributed by atoms with van der Waals surface area (Å²) in [5.41, 5.74) is 10.8. The number of hydrogen-bond donors (Lipinski definition) is 3. The zero-order valence-electron chi connectivity index (χ0n) is 6.99. The van der Waals surface area contributed by atoms with E-state index in [1.54, 1.807) is 18.3 Å². The summed E-state index contributed by atoms with van der Waals surface area (Å²) in [4.78, 5) is 24.4. The molecule has 0 fully saturated rings. The van der Waals surface area contributed by atoms with Crippen LogP contribution in [0.2, 0.25) is 0 Å². The number of primary amides is 2. The molecule has 1 aromatic heterocycles. The molecule has 0 radical (unpaired) electrons. The highest BCUT2D eigenvalue weighted by atomic mass is 16.2. The molecule has 13 heavy (non-hydrogen) atoms.